The van der Waals surface area contributed by atoms with Crippen molar-refractivity contribution in [3.63, 3.8) is 0 Å². The molecule has 0 aliphatic carbocycles. The van der Waals surface area contributed by atoms with Gasteiger partial charge in [0, 0.05) is 5.02 Å². The van der Waals surface area contributed by atoms with Crippen LogP contribution in [0.2, 0.25) is 5.02 Å². The van der Waals surface area contributed by atoms with Crippen molar-refractivity contribution in [2.45, 2.75) is 0 Å². The van der Waals surface area contributed by atoms with E-state index in [1.165, 1.54) is 18.2 Å². The molecular formula is C10H12ClN3O4S. The molecule has 104 valence electrons. The van der Waals surface area contributed by atoms with Crippen molar-refractivity contribution < 1.29 is 18.0 Å². The number of rotatable bonds is 5. The number of hydrogen-bond acceptors (Lipinski definition) is 4. The molecule has 1 aromatic rings. The van der Waals surface area contributed by atoms with Gasteiger partial charge in [0.2, 0.25) is 15.9 Å². The highest BCUT2D eigenvalue weighted by Crippen LogP contribution is 2.25. The van der Waals surface area contributed by atoms with Gasteiger partial charge in [-0.2, -0.15) is 0 Å². The van der Waals surface area contributed by atoms with Crippen molar-refractivity contribution >= 4 is 39.1 Å². The van der Waals surface area contributed by atoms with E-state index in [0.29, 0.717) is 4.31 Å². The van der Waals surface area contributed by atoms with Crippen LogP contribution in [-0.2, 0) is 14.8 Å². The number of halogens is 1. The zero-order valence-electron chi connectivity index (χ0n) is 9.96. The Labute approximate surface area is 115 Å². The van der Waals surface area contributed by atoms with Gasteiger partial charge < -0.3 is 11.5 Å². The summed E-state index contributed by atoms with van der Waals surface area (Å²) < 4.78 is 24.0. The van der Waals surface area contributed by atoms with Gasteiger partial charge >= 0.3 is 0 Å². The van der Waals surface area contributed by atoms with E-state index in [1.807, 2.05) is 0 Å². The van der Waals surface area contributed by atoms with E-state index in [-0.39, 0.29) is 16.3 Å². The number of carbonyl (C=O) groups is 2. The molecule has 9 heteroatoms. The zero-order valence-corrected chi connectivity index (χ0v) is 11.5. The summed E-state index contributed by atoms with van der Waals surface area (Å²) in [5.41, 5.74) is 10.0. The minimum absolute atomic E-state index is 0.0433. The maximum Gasteiger partial charge on any atom is 0.250 e. The first-order valence-electron chi connectivity index (χ1n) is 4.98. The van der Waals surface area contributed by atoms with Crippen LogP contribution in [0.4, 0.5) is 5.69 Å². The summed E-state index contributed by atoms with van der Waals surface area (Å²) in [5.74, 6) is -1.73. The number of nitrogens with zero attached hydrogens (tertiary/aromatic N) is 1. The Hall–Kier alpha value is -1.80. The van der Waals surface area contributed by atoms with E-state index in [1.54, 1.807) is 0 Å². The summed E-state index contributed by atoms with van der Waals surface area (Å²) in [6.45, 7) is -0.596. The van der Waals surface area contributed by atoms with Gasteiger partial charge in [-0.1, -0.05) is 11.6 Å². The summed E-state index contributed by atoms with van der Waals surface area (Å²) in [7, 11) is -3.80. The van der Waals surface area contributed by atoms with Crippen LogP contribution in [0.3, 0.4) is 0 Å². The highest BCUT2D eigenvalue weighted by atomic mass is 35.5. The first-order valence-corrected chi connectivity index (χ1v) is 7.21. The molecule has 1 aromatic carbocycles. The second-order valence-electron chi connectivity index (χ2n) is 3.76. The van der Waals surface area contributed by atoms with E-state index in [0.717, 1.165) is 6.26 Å². The molecule has 2 amide bonds. The van der Waals surface area contributed by atoms with Crippen LogP contribution in [0.1, 0.15) is 10.4 Å². The van der Waals surface area contributed by atoms with Gasteiger partial charge in [-0.3, -0.25) is 13.9 Å². The van der Waals surface area contributed by atoms with Crippen molar-refractivity contribution in [2.75, 3.05) is 17.1 Å². The van der Waals surface area contributed by atoms with Crippen molar-refractivity contribution in [2.24, 2.45) is 11.5 Å². The molecule has 0 bridgehead atoms. The standard InChI is InChI=1S/C10H12ClN3O4S/c1-19(17,18)14(5-9(12)15)8-3-2-6(11)4-7(8)10(13)16/h2-4H,5H2,1H3,(H2,12,15)(H2,13,16). The molecule has 0 spiro atoms. The molecule has 0 fully saturated rings. The largest absolute Gasteiger partial charge is 0.368 e. The maximum absolute atomic E-state index is 11.7. The van der Waals surface area contributed by atoms with Crippen molar-refractivity contribution in [1.82, 2.24) is 0 Å². The molecule has 0 unspecified atom stereocenters. The summed E-state index contributed by atoms with van der Waals surface area (Å²) >= 11 is 5.72. The molecule has 0 saturated carbocycles. The lowest BCUT2D eigenvalue weighted by Gasteiger charge is -2.22. The Morgan fingerprint density at radius 3 is 2.32 bits per heavy atom. The highest BCUT2D eigenvalue weighted by molar-refractivity contribution is 7.92. The Bertz CT molecular complexity index is 630. The molecule has 19 heavy (non-hydrogen) atoms. The van der Waals surface area contributed by atoms with Crippen LogP contribution in [0.25, 0.3) is 0 Å². The summed E-state index contributed by atoms with van der Waals surface area (Å²) in [6, 6.07) is 3.88. The first kappa shape index (κ1) is 15.3. The molecule has 0 aromatic heterocycles. The number of amides is 2. The number of sulfonamides is 1. The molecule has 0 saturated heterocycles. The Balaban J connectivity index is 3.46. The number of hydrogen-bond donors (Lipinski definition) is 2. The van der Waals surface area contributed by atoms with Crippen molar-refractivity contribution in [3.8, 4) is 0 Å². The van der Waals surface area contributed by atoms with Gasteiger partial charge in [0.05, 0.1) is 17.5 Å². The number of carbonyl (C=O) groups excluding carboxylic acids is 2. The molecule has 0 radical (unpaired) electrons. The van der Waals surface area contributed by atoms with Gasteiger partial charge in [0.1, 0.15) is 6.54 Å². The second-order valence-corrected chi connectivity index (χ2v) is 6.10. The van der Waals surface area contributed by atoms with Gasteiger partial charge in [-0.25, -0.2) is 8.42 Å². The van der Waals surface area contributed by atoms with E-state index in [4.69, 9.17) is 23.1 Å². The predicted octanol–water partition coefficient (Wildman–Crippen LogP) is -0.310. The molecule has 0 aliphatic rings. The maximum atomic E-state index is 11.7. The number of anilines is 1. The van der Waals surface area contributed by atoms with Crippen LogP contribution in [0.5, 0.6) is 0 Å². The molecule has 4 N–H and O–H groups in total. The Morgan fingerprint density at radius 2 is 1.89 bits per heavy atom. The molecule has 0 atom stereocenters. The third kappa shape index (κ3) is 3.83. The second kappa shape index (κ2) is 5.45. The summed E-state index contributed by atoms with van der Waals surface area (Å²) in [6.07, 6.45) is 0.884. The fourth-order valence-electron chi connectivity index (χ4n) is 1.45. The number of nitrogens with two attached hydrogens (primary N) is 2. The number of benzene rings is 1. The van der Waals surface area contributed by atoms with Crippen LogP contribution in [-0.4, -0.2) is 33.0 Å². The Kier molecular flexibility index (Phi) is 4.38. The number of primary amides is 2. The topological polar surface area (TPSA) is 124 Å². The molecule has 7 nitrogen and oxygen atoms in total. The molecule has 1 rings (SSSR count). The average molecular weight is 306 g/mol. The summed E-state index contributed by atoms with van der Waals surface area (Å²) in [5, 5.41) is 0.213. The van der Waals surface area contributed by atoms with Crippen LogP contribution in [0, 0.1) is 0 Å². The van der Waals surface area contributed by atoms with E-state index in [9.17, 15) is 18.0 Å². The first-order chi connectivity index (χ1) is 8.62. The van der Waals surface area contributed by atoms with Crippen LogP contribution in [0.15, 0.2) is 18.2 Å². The lowest BCUT2D eigenvalue weighted by molar-refractivity contribution is -0.116. The normalized spacial score (nSPS) is 11.1. The SMILES string of the molecule is CS(=O)(=O)N(CC(N)=O)c1ccc(Cl)cc1C(N)=O. The monoisotopic (exact) mass is 305 g/mol. The van der Waals surface area contributed by atoms with Gasteiger partial charge in [-0.05, 0) is 18.2 Å². The van der Waals surface area contributed by atoms with E-state index in [2.05, 4.69) is 0 Å². The fraction of sp³-hybridized carbons (Fsp3) is 0.200. The molecular weight excluding hydrogens is 294 g/mol. The van der Waals surface area contributed by atoms with Crippen molar-refractivity contribution in [3.05, 3.63) is 28.8 Å². The minimum atomic E-state index is -3.80. The molecule has 0 heterocycles. The van der Waals surface area contributed by atoms with Gasteiger partial charge in [0.25, 0.3) is 5.91 Å². The van der Waals surface area contributed by atoms with E-state index >= 15 is 0 Å². The third-order valence-corrected chi connectivity index (χ3v) is 3.55. The summed E-state index contributed by atoms with van der Waals surface area (Å²) in [4.78, 5) is 22.3. The Morgan fingerprint density at radius 1 is 1.32 bits per heavy atom. The van der Waals surface area contributed by atoms with Gasteiger partial charge in [-0.15, -0.1) is 0 Å². The minimum Gasteiger partial charge on any atom is -0.368 e. The van der Waals surface area contributed by atoms with E-state index < -0.39 is 28.4 Å². The smallest absolute Gasteiger partial charge is 0.250 e. The lowest BCUT2D eigenvalue weighted by atomic mass is 10.1. The van der Waals surface area contributed by atoms with Crippen LogP contribution >= 0.6 is 11.6 Å². The lowest BCUT2D eigenvalue weighted by Crippen LogP contribution is -2.39. The highest BCUT2D eigenvalue weighted by Gasteiger charge is 2.24. The quantitative estimate of drug-likeness (QED) is 0.774. The van der Waals surface area contributed by atoms with Crippen molar-refractivity contribution in [1.29, 1.82) is 0 Å². The zero-order chi connectivity index (χ0) is 14.8. The van der Waals surface area contributed by atoms with Crippen LogP contribution < -0.4 is 15.8 Å². The third-order valence-electron chi connectivity index (χ3n) is 2.19. The fourth-order valence-corrected chi connectivity index (χ4v) is 2.50. The molecule has 0 aliphatic heterocycles. The predicted molar refractivity (Wildman–Crippen MR) is 71.4 cm³/mol. The van der Waals surface area contributed by atoms with Gasteiger partial charge in [0.15, 0.2) is 0 Å². The average Bonchev–Trinajstić information content (AvgIpc) is 2.24.